The zero-order valence-electron chi connectivity index (χ0n) is 14.7. The number of carboxylic acid groups (broad SMARTS) is 1. The third kappa shape index (κ3) is 6.57. The number of carboxylic acids is 1. The molecular formula is C17H23NO7S. The van der Waals surface area contributed by atoms with Crippen LogP contribution in [0.1, 0.15) is 58.9 Å². The second-order valence-corrected chi connectivity index (χ2v) is 7.47. The van der Waals surface area contributed by atoms with E-state index in [1.54, 1.807) is 13.0 Å². The van der Waals surface area contributed by atoms with E-state index in [1.165, 1.54) is 12.1 Å². The number of nitrogens with one attached hydrogen (secondary N) is 1. The molecule has 0 spiro atoms. The molecule has 1 rings (SSSR count). The predicted molar refractivity (Wildman–Crippen MR) is 95.0 cm³/mol. The van der Waals surface area contributed by atoms with Crippen LogP contribution in [0.5, 0.6) is 0 Å². The topological polar surface area (TPSA) is 138 Å². The van der Waals surface area contributed by atoms with E-state index in [0.29, 0.717) is 17.5 Å². The normalized spacial score (nSPS) is 12.4. The second-order valence-electron chi connectivity index (χ2n) is 5.97. The number of amides is 1. The van der Waals surface area contributed by atoms with Crippen molar-refractivity contribution in [1.82, 2.24) is 5.32 Å². The Hall–Kier alpha value is -2.26. The molecule has 9 heteroatoms. The van der Waals surface area contributed by atoms with Gasteiger partial charge in [0.1, 0.15) is 11.8 Å². The summed E-state index contributed by atoms with van der Waals surface area (Å²) >= 11 is 0. The molecule has 1 atom stereocenters. The maximum absolute atomic E-state index is 12.3. The van der Waals surface area contributed by atoms with Crippen molar-refractivity contribution in [3.05, 3.63) is 34.9 Å². The summed E-state index contributed by atoms with van der Waals surface area (Å²) in [5.74, 6) is -3.69. The monoisotopic (exact) mass is 385 g/mol. The van der Waals surface area contributed by atoms with Gasteiger partial charge in [-0.2, -0.15) is 8.42 Å². The van der Waals surface area contributed by atoms with Gasteiger partial charge in [-0.3, -0.25) is 14.1 Å². The zero-order chi connectivity index (χ0) is 19.9. The van der Waals surface area contributed by atoms with E-state index >= 15 is 0 Å². The lowest BCUT2D eigenvalue weighted by molar-refractivity contribution is -0.138. The Morgan fingerprint density at radius 1 is 1.15 bits per heavy atom. The van der Waals surface area contributed by atoms with Gasteiger partial charge in [-0.1, -0.05) is 31.9 Å². The third-order valence-corrected chi connectivity index (χ3v) is 4.62. The fourth-order valence-corrected chi connectivity index (χ4v) is 3.12. The fraction of sp³-hybridized carbons (Fsp3) is 0.471. The Balaban J connectivity index is 3.00. The number of carbonyl (C=O) groups excluding carboxylic acids is 2. The van der Waals surface area contributed by atoms with Crippen molar-refractivity contribution < 1.29 is 32.5 Å². The van der Waals surface area contributed by atoms with Crippen LogP contribution in [0.25, 0.3) is 0 Å². The number of benzene rings is 1. The second kappa shape index (κ2) is 9.44. The molecule has 26 heavy (non-hydrogen) atoms. The van der Waals surface area contributed by atoms with Crippen LogP contribution in [0.3, 0.4) is 0 Å². The molecule has 1 unspecified atom stereocenters. The summed E-state index contributed by atoms with van der Waals surface area (Å²) in [7, 11) is -4.59. The lowest BCUT2D eigenvalue weighted by atomic mass is 9.96. The summed E-state index contributed by atoms with van der Waals surface area (Å²) in [5.41, 5.74) is 0.839. The van der Waals surface area contributed by atoms with Crippen LogP contribution < -0.4 is 5.32 Å². The first-order valence-corrected chi connectivity index (χ1v) is 9.79. The molecule has 3 N–H and O–H groups in total. The molecule has 0 saturated carbocycles. The van der Waals surface area contributed by atoms with Crippen molar-refractivity contribution in [3.8, 4) is 0 Å². The Labute approximate surface area is 152 Å². The fourth-order valence-electron chi connectivity index (χ4n) is 2.48. The number of hydrogen-bond acceptors (Lipinski definition) is 5. The molecule has 0 aliphatic carbocycles. The van der Waals surface area contributed by atoms with Gasteiger partial charge in [0, 0.05) is 17.5 Å². The van der Waals surface area contributed by atoms with Crippen LogP contribution in [-0.2, 0) is 14.9 Å². The van der Waals surface area contributed by atoms with E-state index in [-0.39, 0.29) is 11.3 Å². The molecule has 1 amide bonds. The van der Waals surface area contributed by atoms with Gasteiger partial charge >= 0.3 is 5.97 Å². The van der Waals surface area contributed by atoms with Crippen molar-refractivity contribution in [2.45, 2.75) is 45.6 Å². The van der Waals surface area contributed by atoms with Crippen molar-refractivity contribution >= 4 is 27.8 Å². The largest absolute Gasteiger partial charge is 0.480 e. The number of hydrogen-bond donors (Lipinski definition) is 3. The lowest BCUT2D eigenvalue weighted by Crippen LogP contribution is -2.45. The van der Waals surface area contributed by atoms with Gasteiger partial charge in [-0.25, -0.2) is 4.79 Å². The maximum Gasteiger partial charge on any atom is 0.327 e. The summed E-state index contributed by atoms with van der Waals surface area (Å²) in [6.07, 6.45) is 2.97. The SMILES string of the molecule is CCCCCC(=O)c1cccc(C(=O)NC(CS(=O)(=O)O)C(=O)O)c1C. The number of Topliss-reactive ketones (excluding diaryl/α,β-unsaturated/α-hetero) is 1. The average Bonchev–Trinajstić information content (AvgIpc) is 2.53. The van der Waals surface area contributed by atoms with E-state index in [2.05, 4.69) is 5.32 Å². The highest BCUT2D eigenvalue weighted by Gasteiger charge is 2.27. The number of unbranched alkanes of at least 4 members (excludes halogenated alkanes) is 2. The summed E-state index contributed by atoms with van der Waals surface area (Å²) in [4.78, 5) is 35.7. The van der Waals surface area contributed by atoms with E-state index < -0.39 is 33.8 Å². The maximum atomic E-state index is 12.3. The molecule has 0 saturated heterocycles. The van der Waals surface area contributed by atoms with Crippen molar-refractivity contribution in [1.29, 1.82) is 0 Å². The standard InChI is InChI=1S/C17H23NO7S/c1-3-4-5-9-15(19)12-7-6-8-13(11(12)2)16(20)18-14(17(21)22)10-26(23,24)25/h6-8,14H,3-5,9-10H2,1-2H3,(H,18,20)(H,21,22)(H,23,24,25). The predicted octanol–water partition coefficient (Wildman–Crippen LogP) is 1.83. The van der Waals surface area contributed by atoms with Gasteiger partial charge < -0.3 is 10.4 Å². The minimum absolute atomic E-state index is 0.0768. The first kappa shape index (κ1) is 21.8. The minimum Gasteiger partial charge on any atom is -0.480 e. The third-order valence-electron chi connectivity index (χ3n) is 3.87. The smallest absolute Gasteiger partial charge is 0.327 e. The minimum atomic E-state index is -4.59. The highest BCUT2D eigenvalue weighted by Crippen LogP contribution is 2.17. The molecular weight excluding hydrogens is 362 g/mol. The van der Waals surface area contributed by atoms with Crippen LogP contribution in [0, 0.1) is 6.92 Å². The van der Waals surface area contributed by atoms with Crippen molar-refractivity contribution in [3.63, 3.8) is 0 Å². The summed E-state index contributed by atoms with van der Waals surface area (Å²) in [6, 6.07) is 2.71. The molecule has 0 aliphatic heterocycles. The molecule has 0 radical (unpaired) electrons. The first-order valence-electron chi connectivity index (χ1n) is 8.18. The Kier molecular flexibility index (Phi) is 7.91. The van der Waals surface area contributed by atoms with E-state index in [0.717, 1.165) is 19.3 Å². The Morgan fingerprint density at radius 3 is 2.31 bits per heavy atom. The molecule has 0 heterocycles. The zero-order valence-corrected chi connectivity index (χ0v) is 15.5. The van der Waals surface area contributed by atoms with Crippen molar-refractivity contribution in [2.75, 3.05) is 5.75 Å². The molecule has 0 aromatic heterocycles. The number of rotatable bonds is 10. The quantitative estimate of drug-likeness (QED) is 0.317. The average molecular weight is 385 g/mol. The first-order chi connectivity index (χ1) is 12.1. The molecule has 0 fully saturated rings. The van der Waals surface area contributed by atoms with Crippen LogP contribution in [0.2, 0.25) is 0 Å². The van der Waals surface area contributed by atoms with E-state index in [9.17, 15) is 22.8 Å². The van der Waals surface area contributed by atoms with E-state index in [1.807, 2.05) is 6.92 Å². The van der Waals surface area contributed by atoms with Gasteiger partial charge in [0.05, 0.1) is 0 Å². The molecule has 1 aromatic rings. The van der Waals surface area contributed by atoms with Gasteiger partial charge in [-0.05, 0) is 25.0 Å². The van der Waals surface area contributed by atoms with Crippen molar-refractivity contribution in [2.24, 2.45) is 0 Å². The molecule has 1 aromatic carbocycles. The highest BCUT2D eigenvalue weighted by atomic mass is 32.2. The van der Waals surface area contributed by atoms with Gasteiger partial charge in [-0.15, -0.1) is 0 Å². The number of carbonyl (C=O) groups is 3. The van der Waals surface area contributed by atoms with Crippen LogP contribution >= 0.6 is 0 Å². The molecule has 144 valence electrons. The molecule has 8 nitrogen and oxygen atoms in total. The Bertz CT molecular complexity index is 786. The number of ketones is 1. The van der Waals surface area contributed by atoms with E-state index in [4.69, 9.17) is 9.66 Å². The molecule has 0 aliphatic rings. The van der Waals surface area contributed by atoms with Gasteiger partial charge in [0.15, 0.2) is 5.78 Å². The van der Waals surface area contributed by atoms with Crippen LogP contribution in [-0.4, -0.2) is 47.5 Å². The van der Waals surface area contributed by atoms with Crippen LogP contribution in [0.15, 0.2) is 18.2 Å². The van der Waals surface area contributed by atoms with Crippen LogP contribution in [0.4, 0.5) is 0 Å². The Morgan fingerprint density at radius 2 is 1.77 bits per heavy atom. The highest BCUT2D eigenvalue weighted by molar-refractivity contribution is 7.85. The number of aliphatic carboxylic acids is 1. The summed E-state index contributed by atoms with van der Waals surface area (Å²) in [5, 5.41) is 11.1. The summed E-state index contributed by atoms with van der Waals surface area (Å²) in [6.45, 7) is 3.59. The van der Waals surface area contributed by atoms with Gasteiger partial charge in [0.2, 0.25) is 0 Å². The van der Waals surface area contributed by atoms with Gasteiger partial charge in [0.25, 0.3) is 16.0 Å². The summed E-state index contributed by atoms with van der Waals surface area (Å²) < 4.78 is 30.6. The lowest BCUT2D eigenvalue weighted by Gasteiger charge is -2.15. The molecule has 0 bridgehead atoms.